The maximum absolute atomic E-state index is 5.45. The maximum atomic E-state index is 5.45. The Labute approximate surface area is 105 Å². The third-order valence-electron chi connectivity index (χ3n) is 2.33. The second-order valence-electron chi connectivity index (χ2n) is 3.71. The van der Waals surface area contributed by atoms with Crippen molar-refractivity contribution in [1.29, 1.82) is 0 Å². The first-order valence-electron chi connectivity index (χ1n) is 6.02. The normalized spacial score (nSPS) is 10.8. The van der Waals surface area contributed by atoms with Crippen molar-refractivity contribution in [2.45, 2.75) is 33.4 Å². The highest BCUT2D eigenvalue weighted by molar-refractivity contribution is 5.17. The van der Waals surface area contributed by atoms with Crippen LogP contribution in [0.4, 0.5) is 6.01 Å². The summed E-state index contributed by atoms with van der Waals surface area (Å²) in [6.45, 7) is 5.90. The van der Waals surface area contributed by atoms with Crippen LogP contribution in [0.2, 0.25) is 0 Å². The van der Waals surface area contributed by atoms with Gasteiger partial charge in [-0.3, -0.25) is 0 Å². The molecule has 0 spiro atoms. The van der Waals surface area contributed by atoms with Crippen LogP contribution < -0.4 is 10.6 Å². The fourth-order valence-electron chi connectivity index (χ4n) is 1.37. The van der Waals surface area contributed by atoms with Gasteiger partial charge in [-0.2, -0.15) is 0 Å². The first-order valence-corrected chi connectivity index (χ1v) is 6.02. The van der Waals surface area contributed by atoms with Gasteiger partial charge in [-0.05, 0) is 6.54 Å². The summed E-state index contributed by atoms with van der Waals surface area (Å²) in [5.74, 6) is 2.03. The van der Waals surface area contributed by atoms with Gasteiger partial charge in [0.15, 0.2) is 0 Å². The summed E-state index contributed by atoms with van der Waals surface area (Å²) in [6.07, 6.45) is 2.56. The first-order chi connectivity index (χ1) is 8.81. The van der Waals surface area contributed by atoms with Crippen molar-refractivity contribution in [3.63, 3.8) is 0 Å². The zero-order chi connectivity index (χ0) is 12.8. The predicted octanol–water partition coefficient (Wildman–Crippen LogP) is 1.34. The molecule has 0 aliphatic carbocycles. The lowest BCUT2D eigenvalue weighted by molar-refractivity contribution is 0.455. The topological polar surface area (TPSA) is 89.0 Å². The summed E-state index contributed by atoms with van der Waals surface area (Å²) in [5, 5.41) is 13.8. The molecule has 18 heavy (non-hydrogen) atoms. The van der Waals surface area contributed by atoms with Crippen LogP contribution in [-0.2, 0) is 19.5 Å². The molecule has 0 fully saturated rings. The Morgan fingerprint density at radius 2 is 2.00 bits per heavy atom. The molecule has 2 aromatic heterocycles. The molecule has 0 unspecified atom stereocenters. The highest BCUT2D eigenvalue weighted by Crippen LogP contribution is 2.09. The molecule has 0 saturated heterocycles. The molecule has 7 heteroatoms. The van der Waals surface area contributed by atoms with Gasteiger partial charge in [0, 0.05) is 6.42 Å². The summed E-state index contributed by atoms with van der Waals surface area (Å²) < 4.78 is 10.8. The number of oxazole rings is 1. The van der Waals surface area contributed by atoms with E-state index >= 15 is 0 Å². The van der Waals surface area contributed by atoms with Crippen LogP contribution in [0.5, 0.6) is 0 Å². The highest BCUT2D eigenvalue weighted by atomic mass is 16.4. The SMILES string of the molecule is CCNCc1nnc(NCc2ncc(CC)o2)o1. The molecule has 2 N–H and O–H groups in total. The Kier molecular flexibility index (Phi) is 4.30. The Hall–Kier alpha value is -1.89. The third kappa shape index (κ3) is 3.30. The fraction of sp³-hybridized carbons (Fsp3) is 0.545. The Morgan fingerprint density at radius 3 is 2.72 bits per heavy atom. The minimum Gasteiger partial charge on any atom is -0.444 e. The van der Waals surface area contributed by atoms with Crippen LogP contribution in [0.3, 0.4) is 0 Å². The molecule has 2 heterocycles. The van der Waals surface area contributed by atoms with Crippen LogP contribution in [0, 0.1) is 0 Å². The van der Waals surface area contributed by atoms with Crippen LogP contribution in [-0.4, -0.2) is 21.7 Å². The monoisotopic (exact) mass is 251 g/mol. The number of rotatable bonds is 7. The zero-order valence-electron chi connectivity index (χ0n) is 10.6. The van der Waals surface area contributed by atoms with E-state index in [2.05, 4.69) is 25.8 Å². The molecule has 0 aliphatic rings. The number of nitrogens with zero attached hydrogens (tertiary/aromatic N) is 3. The summed E-state index contributed by atoms with van der Waals surface area (Å²) in [7, 11) is 0. The minimum atomic E-state index is 0.374. The van der Waals surface area contributed by atoms with Gasteiger partial charge in [-0.25, -0.2) is 4.98 Å². The molecule has 0 amide bonds. The van der Waals surface area contributed by atoms with Crippen molar-refractivity contribution < 1.29 is 8.83 Å². The summed E-state index contributed by atoms with van der Waals surface area (Å²) >= 11 is 0. The lowest BCUT2D eigenvalue weighted by atomic mass is 10.4. The molecule has 2 aromatic rings. The fourth-order valence-corrected chi connectivity index (χ4v) is 1.37. The van der Waals surface area contributed by atoms with Crippen molar-refractivity contribution in [3.05, 3.63) is 23.7 Å². The van der Waals surface area contributed by atoms with E-state index in [0.717, 1.165) is 18.7 Å². The van der Waals surface area contributed by atoms with Crippen LogP contribution >= 0.6 is 0 Å². The van der Waals surface area contributed by atoms with Crippen LogP contribution in [0.25, 0.3) is 0 Å². The molecule has 0 radical (unpaired) electrons. The summed E-state index contributed by atoms with van der Waals surface area (Å²) in [4.78, 5) is 4.13. The Balaban J connectivity index is 1.84. The van der Waals surface area contributed by atoms with Crippen molar-refractivity contribution in [2.75, 3.05) is 11.9 Å². The van der Waals surface area contributed by atoms with E-state index in [9.17, 15) is 0 Å². The molecule has 98 valence electrons. The molecule has 0 aliphatic heterocycles. The average Bonchev–Trinajstić information content (AvgIpc) is 3.03. The number of hydrogen-bond acceptors (Lipinski definition) is 7. The van der Waals surface area contributed by atoms with Crippen molar-refractivity contribution in [1.82, 2.24) is 20.5 Å². The predicted molar refractivity (Wildman–Crippen MR) is 64.9 cm³/mol. The van der Waals surface area contributed by atoms with E-state index in [4.69, 9.17) is 8.83 Å². The molecule has 0 aromatic carbocycles. The van der Waals surface area contributed by atoms with Gasteiger partial charge in [0.05, 0.1) is 19.3 Å². The molecule has 7 nitrogen and oxygen atoms in total. The lowest BCUT2D eigenvalue weighted by Crippen LogP contribution is -2.11. The second kappa shape index (κ2) is 6.15. The third-order valence-corrected chi connectivity index (χ3v) is 2.33. The maximum Gasteiger partial charge on any atom is 0.315 e. The van der Waals surface area contributed by atoms with E-state index in [0.29, 0.717) is 30.9 Å². The quantitative estimate of drug-likeness (QED) is 0.767. The van der Waals surface area contributed by atoms with Gasteiger partial charge >= 0.3 is 6.01 Å². The summed E-state index contributed by atoms with van der Waals surface area (Å²) in [6, 6.07) is 0.374. The van der Waals surface area contributed by atoms with E-state index < -0.39 is 0 Å². The molecule has 0 saturated carbocycles. The van der Waals surface area contributed by atoms with E-state index in [-0.39, 0.29) is 0 Å². The van der Waals surface area contributed by atoms with Gasteiger partial charge in [-0.15, -0.1) is 5.10 Å². The molecule has 2 rings (SSSR count). The standard InChI is InChI=1S/C11H17N5O2/c1-3-8-5-13-9(17-8)7-14-11-16-15-10(18-11)6-12-4-2/h5,12H,3-4,6-7H2,1-2H3,(H,14,16). The van der Waals surface area contributed by atoms with E-state index in [1.165, 1.54) is 0 Å². The highest BCUT2D eigenvalue weighted by Gasteiger charge is 2.07. The van der Waals surface area contributed by atoms with Gasteiger partial charge < -0.3 is 19.5 Å². The lowest BCUT2D eigenvalue weighted by Gasteiger charge is -1.96. The zero-order valence-corrected chi connectivity index (χ0v) is 10.6. The molecular formula is C11H17N5O2. The van der Waals surface area contributed by atoms with Crippen molar-refractivity contribution in [2.24, 2.45) is 0 Å². The summed E-state index contributed by atoms with van der Waals surface area (Å²) in [5.41, 5.74) is 0. The first kappa shape index (κ1) is 12.6. The molecule has 0 bridgehead atoms. The van der Waals surface area contributed by atoms with Crippen molar-refractivity contribution in [3.8, 4) is 0 Å². The van der Waals surface area contributed by atoms with Gasteiger partial charge in [0.2, 0.25) is 11.8 Å². The van der Waals surface area contributed by atoms with Gasteiger partial charge in [0.1, 0.15) is 5.76 Å². The number of hydrogen-bond donors (Lipinski definition) is 2. The van der Waals surface area contributed by atoms with Gasteiger partial charge in [0.25, 0.3) is 0 Å². The van der Waals surface area contributed by atoms with Gasteiger partial charge in [-0.1, -0.05) is 18.9 Å². The Bertz CT molecular complexity index is 479. The average molecular weight is 251 g/mol. The van der Waals surface area contributed by atoms with E-state index in [1.807, 2.05) is 13.8 Å². The van der Waals surface area contributed by atoms with Crippen molar-refractivity contribution >= 4 is 6.01 Å². The number of aryl methyl sites for hydroxylation is 1. The number of nitrogens with one attached hydrogen (secondary N) is 2. The molecular weight excluding hydrogens is 234 g/mol. The van der Waals surface area contributed by atoms with Crippen LogP contribution in [0.15, 0.2) is 15.0 Å². The largest absolute Gasteiger partial charge is 0.444 e. The van der Waals surface area contributed by atoms with Crippen LogP contribution in [0.1, 0.15) is 31.4 Å². The number of aromatic nitrogens is 3. The molecule has 0 atom stereocenters. The minimum absolute atomic E-state index is 0.374. The smallest absolute Gasteiger partial charge is 0.315 e. The second-order valence-corrected chi connectivity index (χ2v) is 3.71. The Morgan fingerprint density at radius 1 is 1.11 bits per heavy atom. The number of anilines is 1. The van der Waals surface area contributed by atoms with E-state index in [1.54, 1.807) is 6.20 Å².